The number of H-pyrrole nitrogens is 1. The van der Waals surface area contributed by atoms with Crippen LogP contribution in [0.3, 0.4) is 0 Å². The number of nitrogens with one attached hydrogen (secondary N) is 2. The Kier molecular flexibility index (Phi) is 3.25. The molecule has 1 aliphatic heterocycles. The van der Waals surface area contributed by atoms with Gasteiger partial charge in [0.25, 0.3) is 0 Å². The second kappa shape index (κ2) is 5.21. The molecule has 0 fully saturated rings. The maximum atomic E-state index is 11.8. The van der Waals surface area contributed by atoms with E-state index in [0.717, 1.165) is 16.9 Å². The number of carbonyl (C=O) groups excluding carboxylic acids is 1. The summed E-state index contributed by atoms with van der Waals surface area (Å²) in [6, 6.07) is 7.76. The number of aromatic nitrogens is 2. The first-order valence-corrected chi connectivity index (χ1v) is 6.45. The van der Waals surface area contributed by atoms with Gasteiger partial charge in [-0.05, 0) is 6.07 Å². The van der Waals surface area contributed by atoms with Gasteiger partial charge in [0.15, 0.2) is 0 Å². The summed E-state index contributed by atoms with van der Waals surface area (Å²) in [5.74, 6) is 1.38. The Labute approximate surface area is 116 Å². The topological polar surface area (TPSA) is 67.0 Å². The largest absolute Gasteiger partial charge is 0.489 e. The second-order valence-corrected chi connectivity index (χ2v) is 4.64. The third-order valence-electron chi connectivity index (χ3n) is 3.35. The highest BCUT2D eigenvalue weighted by molar-refractivity contribution is 5.94. The van der Waals surface area contributed by atoms with Gasteiger partial charge in [0.1, 0.15) is 18.2 Å². The molecule has 5 heteroatoms. The highest BCUT2D eigenvalue weighted by atomic mass is 16.5. The van der Waals surface area contributed by atoms with Gasteiger partial charge in [0.05, 0.1) is 6.20 Å². The summed E-state index contributed by atoms with van der Waals surface area (Å²) in [7, 11) is 0. The van der Waals surface area contributed by atoms with Crippen LogP contribution in [0.4, 0.5) is 5.82 Å². The maximum Gasteiger partial charge on any atom is 0.226 e. The Morgan fingerprint density at radius 3 is 3.10 bits per heavy atom. The van der Waals surface area contributed by atoms with Crippen LogP contribution in [-0.4, -0.2) is 22.7 Å². The molecule has 1 unspecified atom stereocenters. The molecule has 0 aliphatic carbocycles. The second-order valence-electron chi connectivity index (χ2n) is 4.64. The van der Waals surface area contributed by atoms with Crippen LogP contribution in [0.15, 0.2) is 43.1 Å². The smallest absolute Gasteiger partial charge is 0.226 e. The lowest BCUT2D eigenvalue weighted by Gasteiger charge is -2.24. The van der Waals surface area contributed by atoms with Crippen LogP contribution in [0, 0.1) is 0 Å². The van der Waals surface area contributed by atoms with E-state index >= 15 is 0 Å². The molecule has 0 bridgehead atoms. The molecular weight excluding hydrogens is 254 g/mol. The summed E-state index contributed by atoms with van der Waals surface area (Å²) >= 11 is 0. The lowest BCUT2D eigenvalue weighted by molar-refractivity contribution is -0.116. The first-order chi connectivity index (χ1) is 9.79. The van der Waals surface area contributed by atoms with E-state index in [2.05, 4.69) is 22.1 Å². The quantitative estimate of drug-likeness (QED) is 0.838. The van der Waals surface area contributed by atoms with Crippen molar-refractivity contribution in [1.29, 1.82) is 0 Å². The van der Waals surface area contributed by atoms with Crippen molar-refractivity contribution in [3.63, 3.8) is 0 Å². The number of para-hydroxylation sites is 1. The minimum atomic E-state index is -0.0430. The van der Waals surface area contributed by atoms with E-state index in [1.807, 2.05) is 24.3 Å². The summed E-state index contributed by atoms with van der Waals surface area (Å²) in [4.78, 5) is 11.8. The van der Waals surface area contributed by atoms with Crippen molar-refractivity contribution in [3.05, 3.63) is 54.2 Å². The summed E-state index contributed by atoms with van der Waals surface area (Å²) in [6.45, 7) is 4.09. The first-order valence-electron chi connectivity index (χ1n) is 6.45. The molecule has 3 rings (SSSR count). The number of carbonyl (C=O) groups is 1. The van der Waals surface area contributed by atoms with Crippen LogP contribution in [-0.2, 0) is 4.79 Å². The molecule has 1 atom stereocenters. The maximum absolute atomic E-state index is 11.8. The molecule has 0 radical (unpaired) electrons. The molecule has 1 aliphatic rings. The number of aromatic amines is 1. The van der Waals surface area contributed by atoms with Crippen molar-refractivity contribution in [2.24, 2.45) is 0 Å². The van der Waals surface area contributed by atoms with Crippen LogP contribution in [0.2, 0.25) is 0 Å². The van der Waals surface area contributed by atoms with E-state index in [0.29, 0.717) is 18.8 Å². The van der Waals surface area contributed by atoms with E-state index in [1.54, 1.807) is 12.3 Å². The highest BCUT2D eigenvalue weighted by Crippen LogP contribution is 2.39. The van der Waals surface area contributed by atoms with Crippen molar-refractivity contribution >= 4 is 11.7 Å². The fraction of sp³-hybridized carbons (Fsp3) is 0.200. The van der Waals surface area contributed by atoms with E-state index < -0.39 is 0 Å². The predicted molar refractivity (Wildman–Crippen MR) is 75.8 cm³/mol. The number of ether oxygens (including phenoxy) is 1. The summed E-state index contributed by atoms with van der Waals surface area (Å²) in [6.07, 6.45) is 3.85. The highest BCUT2D eigenvalue weighted by Gasteiger charge is 2.29. The van der Waals surface area contributed by atoms with Crippen molar-refractivity contribution in [2.75, 3.05) is 11.9 Å². The Morgan fingerprint density at radius 2 is 2.25 bits per heavy atom. The lowest BCUT2D eigenvalue weighted by atomic mass is 9.87. The fourth-order valence-electron chi connectivity index (χ4n) is 2.47. The molecule has 0 spiro atoms. The number of fused-ring (bicyclic) bond motifs is 1. The summed E-state index contributed by atoms with van der Waals surface area (Å²) < 4.78 is 5.69. The van der Waals surface area contributed by atoms with Crippen LogP contribution in [0.25, 0.3) is 0 Å². The number of hydrogen-bond donors (Lipinski definition) is 2. The van der Waals surface area contributed by atoms with Gasteiger partial charge in [-0.15, -0.1) is 0 Å². The van der Waals surface area contributed by atoms with Gasteiger partial charge < -0.3 is 10.1 Å². The van der Waals surface area contributed by atoms with E-state index in [4.69, 9.17) is 4.74 Å². The fourth-order valence-corrected chi connectivity index (χ4v) is 2.47. The Morgan fingerprint density at radius 1 is 1.40 bits per heavy atom. The van der Waals surface area contributed by atoms with E-state index in [-0.39, 0.29) is 11.8 Å². The standard InChI is InChI=1S/C15H15N3O2/c1-2-7-20-13-6-4-3-5-10(13)11-8-14(19)17-15-12(11)9-16-18-15/h2-6,9,11H,1,7-8H2,(H2,16,17,18,19). The molecule has 20 heavy (non-hydrogen) atoms. The molecule has 2 heterocycles. The van der Waals surface area contributed by atoms with Gasteiger partial charge in [-0.1, -0.05) is 30.9 Å². The number of amides is 1. The molecule has 102 valence electrons. The molecule has 1 amide bonds. The van der Waals surface area contributed by atoms with Gasteiger partial charge in [0.2, 0.25) is 5.91 Å². The van der Waals surface area contributed by atoms with Gasteiger partial charge in [-0.3, -0.25) is 9.89 Å². The van der Waals surface area contributed by atoms with Crippen LogP contribution >= 0.6 is 0 Å². The van der Waals surface area contributed by atoms with Gasteiger partial charge in [0, 0.05) is 23.5 Å². The number of hydrogen-bond acceptors (Lipinski definition) is 3. The van der Waals surface area contributed by atoms with Crippen molar-refractivity contribution < 1.29 is 9.53 Å². The molecular formula is C15H15N3O2. The minimum Gasteiger partial charge on any atom is -0.489 e. The minimum absolute atomic E-state index is 0.0229. The zero-order valence-electron chi connectivity index (χ0n) is 10.9. The van der Waals surface area contributed by atoms with Crippen LogP contribution in [0.5, 0.6) is 5.75 Å². The average Bonchev–Trinajstić information content (AvgIpc) is 2.92. The zero-order chi connectivity index (χ0) is 13.9. The third kappa shape index (κ3) is 2.18. The lowest BCUT2D eigenvalue weighted by Crippen LogP contribution is -2.23. The Bertz CT molecular complexity index is 648. The summed E-state index contributed by atoms with van der Waals surface area (Å²) in [5.41, 5.74) is 1.98. The molecule has 0 saturated carbocycles. The first kappa shape index (κ1) is 12.5. The molecule has 1 aromatic carbocycles. The van der Waals surface area contributed by atoms with E-state index in [9.17, 15) is 4.79 Å². The molecule has 0 saturated heterocycles. The molecule has 2 aromatic rings. The number of anilines is 1. The van der Waals surface area contributed by atoms with Crippen molar-refractivity contribution in [1.82, 2.24) is 10.2 Å². The van der Waals surface area contributed by atoms with Crippen LogP contribution < -0.4 is 10.1 Å². The Balaban J connectivity index is 2.01. The van der Waals surface area contributed by atoms with Gasteiger partial charge in [-0.25, -0.2) is 0 Å². The SMILES string of the molecule is C=CCOc1ccccc1C1CC(=O)Nc2[nH]ncc21. The van der Waals surface area contributed by atoms with Crippen molar-refractivity contribution in [2.45, 2.75) is 12.3 Å². The monoisotopic (exact) mass is 269 g/mol. The van der Waals surface area contributed by atoms with E-state index in [1.165, 1.54) is 0 Å². The normalized spacial score (nSPS) is 17.2. The molecule has 5 nitrogen and oxygen atoms in total. The number of nitrogens with zero attached hydrogens (tertiary/aromatic N) is 1. The number of benzene rings is 1. The number of rotatable bonds is 4. The van der Waals surface area contributed by atoms with Gasteiger partial charge in [-0.2, -0.15) is 5.10 Å². The van der Waals surface area contributed by atoms with Crippen LogP contribution in [0.1, 0.15) is 23.5 Å². The Hall–Kier alpha value is -2.56. The summed E-state index contributed by atoms with van der Waals surface area (Å²) in [5, 5.41) is 9.61. The van der Waals surface area contributed by atoms with Crippen molar-refractivity contribution in [3.8, 4) is 5.75 Å². The average molecular weight is 269 g/mol. The third-order valence-corrected chi connectivity index (χ3v) is 3.35. The molecule has 1 aromatic heterocycles. The van der Waals surface area contributed by atoms with Gasteiger partial charge >= 0.3 is 0 Å². The predicted octanol–water partition coefficient (Wildman–Crippen LogP) is 2.45. The molecule has 2 N–H and O–H groups in total. The zero-order valence-corrected chi connectivity index (χ0v) is 10.9.